The standard InChI is InChI=1S/C17H28N4OS/c1-13(2)15-18-17(23-19-15)21-11-7-14(8-12-21)16(22)20-9-5-3-4-6-10-20/h13-14H,3-12H2,1-2H3. The molecule has 0 radical (unpaired) electrons. The minimum Gasteiger partial charge on any atom is -0.347 e. The van der Waals surface area contributed by atoms with E-state index in [0.29, 0.717) is 11.8 Å². The molecule has 0 spiro atoms. The predicted molar refractivity (Wildman–Crippen MR) is 94.0 cm³/mol. The summed E-state index contributed by atoms with van der Waals surface area (Å²) in [5.74, 6) is 1.92. The molecule has 0 bridgehead atoms. The second-order valence-corrected chi connectivity index (χ2v) is 7.82. The summed E-state index contributed by atoms with van der Waals surface area (Å²) in [6.45, 7) is 8.03. The van der Waals surface area contributed by atoms with Crippen LogP contribution in [0.2, 0.25) is 0 Å². The van der Waals surface area contributed by atoms with Gasteiger partial charge < -0.3 is 9.80 Å². The molecule has 1 amide bonds. The Balaban J connectivity index is 1.54. The topological polar surface area (TPSA) is 49.3 Å². The Kier molecular flexibility index (Phi) is 5.51. The lowest BCUT2D eigenvalue weighted by Crippen LogP contribution is -2.43. The lowest BCUT2D eigenvalue weighted by Gasteiger charge is -2.33. The minimum absolute atomic E-state index is 0.210. The first kappa shape index (κ1) is 16.7. The van der Waals surface area contributed by atoms with E-state index in [-0.39, 0.29) is 5.92 Å². The van der Waals surface area contributed by atoms with Gasteiger partial charge in [-0.15, -0.1) is 0 Å². The van der Waals surface area contributed by atoms with E-state index >= 15 is 0 Å². The van der Waals surface area contributed by atoms with E-state index in [4.69, 9.17) is 0 Å². The van der Waals surface area contributed by atoms with Crippen molar-refractivity contribution in [3.8, 4) is 0 Å². The van der Waals surface area contributed by atoms with E-state index in [1.54, 1.807) is 0 Å². The van der Waals surface area contributed by atoms with Crippen molar-refractivity contribution in [2.24, 2.45) is 5.92 Å². The Morgan fingerprint density at radius 2 is 1.74 bits per heavy atom. The molecule has 0 atom stereocenters. The molecular weight excluding hydrogens is 308 g/mol. The number of hydrogen-bond donors (Lipinski definition) is 0. The Labute approximate surface area is 143 Å². The summed E-state index contributed by atoms with van der Waals surface area (Å²) in [5, 5.41) is 1.02. The number of aromatic nitrogens is 2. The molecule has 1 aromatic rings. The number of amides is 1. The van der Waals surface area contributed by atoms with Crippen LogP contribution in [-0.4, -0.2) is 46.3 Å². The Morgan fingerprint density at radius 3 is 2.30 bits per heavy atom. The maximum atomic E-state index is 12.7. The van der Waals surface area contributed by atoms with Gasteiger partial charge in [-0.05, 0) is 25.7 Å². The van der Waals surface area contributed by atoms with Crippen LogP contribution in [0.1, 0.15) is 64.1 Å². The second-order valence-electron chi connectivity index (χ2n) is 7.09. The van der Waals surface area contributed by atoms with Crippen LogP contribution in [-0.2, 0) is 4.79 Å². The molecule has 2 aliphatic heterocycles. The average molecular weight is 337 g/mol. The number of piperidine rings is 1. The van der Waals surface area contributed by atoms with Gasteiger partial charge in [0.2, 0.25) is 11.0 Å². The van der Waals surface area contributed by atoms with Crippen LogP contribution < -0.4 is 4.90 Å². The van der Waals surface area contributed by atoms with Crippen molar-refractivity contribution in [3.05, 3.63) is 5.82 Å². The summed E-state index contributed by atoms with van der Waals surface area (Å²) in [6.07, 6.45) is 6.80. The lowest BCUT2D eigenvalue weighted by atomic mass is 9.95. The van der Waals surface area contributed by atoms with Crippen LogP contribution in [0, 0.1) is 5.92 Å². The van der Waals surface area contributed by atoms with E-state index in [1.807, 2.05) is 0 Å². The summed E-state index contributed by atoms with van der Waals surface area (Å²) in [7, 11) is 0. The molecule has 2 saturated heterocycles. The first-order chi connectivity index (χ1) is 11.1. The molecule has 0 aliphatic carbocycles. The SMILES string of the molecule is CC(C)c1nsc(N2CCC(C(=O)N3CCCCCC3)CC2)n1. The van der Waals surface area contributed by atoms with E-state index in [0.717, 1.165) is 50.0 Å². The van der Waals surface area contributed by atoms with Crippen LogP contribution in [0.25, 0.3) is 0 Å². The molecule has 2 fully saturated rings. The molecule has 128 valence electrons. The summed E-state index contributed by atoms with van der Waals surface area (Å²) in [6, 6.07) is 0. The van der Waals surface area contributed by atoms with E-state index in [1.165, 1.54) is 37.2 Å². The van der Waals surface area contributed by atoms with Gasteiger partial charge in [-0.25, -0.2) is 4.98 Å². The van der Waals surface area contributed by atoms with Crippen molar-refractivity contribution in [1.82, 2.24) is 14.3 Å². The Morgan fingerprint density at radius 1 is 1.09 bits per heavy atom. The van der Waals surface area contributed by atoms with Crippen molar-refractivity contribution in [1.29, 1.82) is 0 Å². The summed E-state index contributed by atoms with van der Waals surface area (Å²) < 4.78 is 4.44. The molecule has 0 aromatic carbocycles. The molecule has 0 N–H and O–H groups in total. The number of carbonyl (C=O) groups is 1. The largest absolute Gasteiger partial charge is 0.347 e. The molecule has 2 aliphatic rings. The fraction of sp³-hybridized carbons (Fsp3) is 0.824. The average Bonchev–Trinajstić information content (AvgIpc) is 2.91. The highest BCUT2D eigenvalue weighted by molar-refractivity contribution is 7.09. The molecule has 6 heteroatoms. The van der Waals surface area contributed by atoms with Crippen molar-refractivity contribution in [2.45, 2.75) is 58.3 Å². The number of hydrogen-bond acceptors (Lipinski definition) is 5. The van der Waals surface area contributed by atoms with Crippen molar-refractivity contribution < 1.29 is 4.79 Å². The van der Waals surface area contributed by atoms with E-state index in [2.05, 4.69) is 33.0 Å². The van der Waals surface area contributed by atoms with Crippen LogP contribution in [0.4, 0.5) is 5.13 Å². The highest BCUT2D eigenvalue weighted by Gasteiger charge is 2.30. The number of rotatable bonds is 3. The molecule has 0 unspecified atom stereocenters. The maximum absolute atomic E-state index is 12.7. The van der Waals surface area contributed by atoms with Gasteiger partial charge in [-0.2, -0.15) is 4.37 Å². The molecule has 3 rings (SSSR count). The highest BCUT2D eigenvalue weighted by Crippen LogP contribution is 2.27. The van der Waals surface area contributed by atoms with E-state index in [9.17, 15) is 4.79 Å². The molecule has 1 aromatic heterocycles. The monoisotopic (exact) mass is 336 g/mol. The number of carbonyl (C=O) groups excluding carboxylic acids is 1. The van der Waals surface area contributed by atoms with Gasteiger partial charge in [-0.1, -0.05) is 26.7 Å². The predicted octanol–water partition coefficient (Wildman–Crippen LogP) is 3.28. The maximum Gasteiger partial charge on any atom is 0.225 e. The summed E-state index contributed by atoms with van der Waals surface area (Å²) in [4.78, 5) is 21.8. The molecule has 0 saturated carbocycles. The van der Waals surface area contributed by atoms with Gasteiger partial charge in [0, 0.05) is 49.5 Å². The molecule has 5 nitrogen and oxygen atoms in total. The van der Waals surface area contributed by atoms with E-state index < -0.39 is 0 Å². The van der Waals surface area contributed by atoms with Gasteiger partial charge in [0.05, 0.1) is 0 Å². The fourth-order valence-corrected chi connectivity index (χ4v) is 4.32. The number of anilines is 1. The second kappa shape index (κ2) is 7.60. The third-order valence-corrected chi connectivity index (χ3v) is 5.77. The Hall–Kier alpha value is -1.17. The first-order valence-electron chi connectivity index (χ1n) is 9.02. The van der Waals surface area contributed by atoms with Crippen LogP contribution >= 0.6 is 11.5 Å². The third kappa shape index (κ3) is 4.03. The number of likely N-dealkylation sites (tertiary alicyclic amines) is 1. The van der Waals surface area contributed by atoms with Gasteiger partial charge in [0.15, 0.2) is 0 Å². The van der Waals surface area contributed by atoms with Crippen molar-refractivity contribution in [3.63, 3.8) is 0 Å². The zero-order valence-corrected chi connectivity index (χ0v) is 15.1. The normalized spacial score (nSPS) is 20.8. The zero-order chi connectivity index (χ0) is 16.2. The van der Waals surface area contributed by atoms with Crippen molar-refractivity contribution >= 4 is 22.6 Å². The molecular formula is C17H28N4OS. The minimum atomic E-state index is 0.210. The van der Waals surface area contributed by atoms with Crippen molar-refractivity contribution in [2.75, 3.05) is 31.1 Å². The third-order valence-electron chi connectivity index (χ3n) is 4.98. The zero-order valence-electron chi connectivity index (χ0n) is 14.3. The summed E-state index contributed by atoms with van der Waals surface area (Å²) in [5.41, 5.74) is 0. The smallest absolute Gasteiger partial charge is 0.225 e. The molecule has 3 heterocycles. The van der Waals surface area contributed by atoms with Gasteiger partial charge in [0.1, 0.15) is 5.82 Å². The van der Waals surface area contributed by atoms with Crippen LogP contribution in [0.3, 0.4) is 0 Å². The van der Waals surface area contributed by atoms with Gasteiger partial charge in [-0.3, -0.25) is 4.79 Å². The van der Waals surface area contributed by atoms with Crippen LogP contribution in [0.5, 0.6) is 0 Å². The van der Waals surface area contributed by atoms with Gasteiger partial charge >= 0.3 is 0 Å². The summed E-state index contributed by atoms with van der Waals surface area (Å²) >= 11 is 1.49. The quantitative estimate of drug-likeness (QED) is 0.850. The first-order valence-corrected chi connectivity index (χ1v) is 9.80. The lowest BCUT2D eigenvalue weighted by molar-refractivity contribution is -0.136. The fourth-order valence-electron chi connectivity index (χ4n) is 3.46. The highest BCUT2D eigenvalue weighted by atomic mass is 32.1. The van der Waals surface area contributed by atoms with Crippen LogP contribution in [0.15, 0.2) is 0 Å². The Bertz CT molecular complexity index is 514. The number of nitrogens with zero attached hydrogens (tertiary/aromatic N) is 4. The van der Waals surface area contributed by atoms with Gasteiger partial charge in [0.25, 0.3) is 0 Å². The molecule has 23 heavy (non-hydrogen) atoms.